The maximum atomic E-state index is 12.7. The molecule has 0 unspecified atom stereocenters. The van der Waals surface area contributed by atoms with Gasteiger partial charge in [-0.25, -0.2) is 4.98 Å². The third-order valence-corrected chi connectivity index (χ3v) is 5.62. The summed E-state index contributed by atoms with van der Waals surface area (Å²) in [6.07, 6.45) is 0. The van der Waals surface area contributed by atoms with E-state index in [9.17, 15) is 4.79 Å². The summed E-state index contributed by atoms with van der Waals surface area (Å²) in [5.74, 6) is -0.137. The second-order valence-electron chi connectivity index (χ2n) is 6.70. The quantitative estimate of drug-likeness (QED) is 0.446. The van der Waals surface area contributed by atoms with Crippen LogP contribution < -0.4 is 5.32 Å². The van der Waals surface area contributed by atoms with Gasteiger partial charge in [0, 0.05) is 11.1 Å². The highest BCUT2D eigenvalue weighted by molar-refractivity contribution is 7.19. The molecule has 4 rings (SSSR count). The average Bonchev–Trinajstić information content (AvgIpc) is 3.13. The van der Waals surface area contributed by atoms with E-state index < -0.39 is 0 Å². The number of nitrogens with zero attached hydrogens (tertiary/aromatic N) is 1. The Hall–Kier alpha value is -3.24. The molecule has 0 radical (unpaired) electrons. The van der Waals surface area contributed by atoms with Crippen LogP contribution in [0.15, 0.2) is 78.9 Å². The highest BCUT2D eigenvalue weighted by atomic mass is 32.1. The zero-order valence-electron chi connectivity index (χ0n) is 15.8. The molecule has 28 heavy (non-hydrogen) atoms. The van der Waals surface area contributed by atoms with Crippen molar-refractivity contribution in [3.8, 4) is 21.7 Å². The van der Waals surface area contributed by atoms with E-state index in [1.54, 1.807) is 0 Å². The van der Waals surface area contributed by atoms with E-state index in [1.807, 2.05) is 61.5 Å². The molecule has 0 atom stereocenters. The first-order valence-electron chi connectivity index (χ1n) is 9.12. The number of hydrogen-bond donors (Lipinski definition) is 1. The fourth-order valence-electron chi connectivity index (χ4n) is 3.06. The summed E-state index contributed by atoms with van der Waals surface area (Å²) < 4.78 is 0. The van der Waals surface area contributed by atoms with Crippen molar-refractivity contribution in [3.05, 3.63) is 95.6 Å². The van der Waals surface area contributed by atoms with Crippen LogP contribution in [-0.4, -0.2) is 10.9 Å². The Balaban J connectivity index is 1.74. The lowest BCUT2D eigenvalue weighted by Gasteiger charge is -2.04. The van der Waals surface area contributed by atoms with Gasteiger partial charge in [-0.05, 0) is 31.0 Å². The zero-order valence-corrected chi connectivity index (χ0v) is 16.6. The molecule has 0 aliphatic carbocycles. The molecule has 0 bridgehead atoms. The Morgan fingerprint density at radius 3 is 2.21 bits per heavy atom. The number of rotatable bonds is 4. The van der Waals surface area contributed by atoms with Crippen molar-refractivity contribution in [2.75, 3.05) is 5.32 Å². The van der Waals surface area contributed by atoms with Crippen molar-refractivity contribution in [2.24, 2.45) is 0 Å². The molecule has 0 spiro atoms. The summed E-state index contributed by atoms with van der Waals surface area (Å²) in [6.45, 7) is 4.01. The number of nitrogens with one attached hydrogen (secondary N) is 1. The molecular formula is C24H20N2OS. The van der Waals surface area contributed by atoms with Gasteiger partial charge in [-0.3, -0.25) is 10.1 Å². The molecule has 0 saturated heterocycles. The van der Waals surface area contributed by atoms with Gasteiger partial charge in [0.2, 0.25) is 0 Å². The van der Waals surface area contributed by atoms with Gasteiger partial charge in [0.1, 0.15) is 0 Å². The first-order chi connectivity index (χ1) is 13.6. The summed E-state index contributed by atoms with van der Waals surface area (Å²) >= 11 is 1.50. The largest absolute Gasteiger partial charge is 0.298 e. The molecule has 4 heteroatoms. The number of carbonyl (C=O) groups excluding carboxylic acids is 1. The van der Waals surface area contributed by atoms with Crippen molar-refractivity contribution in [1.82, 2.24) is 4.98 Å². The SMILES string of the molecule is Cc1ccc(-c2sc(NC(=O)c3ccccc3C)nc2-c2ccccc2)cc1. The molecule has 3 nitrogen and oxygen atoms in total. The first-order valence-corrected chi connectivity index (χ1v) is 9.94. The molecule has 4 aromatic rings. The predicted octanol–water partition coefficient (Wildman–Crippen LogP) is 6.35. The Bertz CT molecular complexity index is 1120. The van der Waals surface area contributed by atoms with E-state index in [4.69, 9.17) is 4.98 Å². The fourth-order valence-corrected chi connectivity index (χ4v) is 4.05. The number of carbonyl (C=O) groups is 1. The molecule has 0 fully saturated rings. The van der Waals surface area contributed by atoms with Crippen molar-refractivity contribution in [1.29, 1.82) is 0 Å². The lowest BCUT2D eigenvalue weighted by atomic mass is 10.1. The minimum absolute atomic E-state index is 0.137. The number of anilines is 1. The smallest absolute Gasteiger partial charge is 0.257 e. The van der Waals surface area contributed by atoms with Crippen molar-refractivity contribution in [3.63, 3.8) is 0 Å². The van der Waals surface area contributed by atoms with Crippen LogP contribution >= 0.6 is 11.3 Å². The predicted molar refractivity (Wildman–Crippen MR) is 117 cm³/mol. The Kier molecular flexibility index (Phi) is 5.04. The monoisotopic (exact) mass is 384 g/mol. The number of aromatic nitrogens is 1. The van der Waals surface area contributed by atoms with Crippen LogP contribution in [0.4, 0.5) is 5.13 Å². The van der Waals surface area contributed by atoms with Crippen LogP contribution in [-0.2, 0) is 0 Å². The van der Waals surface area contributed by atoms with Crippen LogP contribution in [0.25, 0.3) is 21.7 Å². The Morgan fingerprint density at radius 1 is 0.821 bits per heavy atom. The van der Waals surface area contributed by atoms with Crippen LogP contribution in [0.3, 0.4) is 0 Å². The molecule has 0 aliphatic heterocycles. The van der Waals surface area contributed by atoms with E-state index in [1.165, 1.54) is 16.9 Å². The van der Waals surface area contributed by atoms with Gasteiger partial charge in [-0.15, -0.1) is 0 Å². The molecule has 0 aliphatic rings. The van der Waals surface area contributed by atoms with Crippen LogP contribution in [0.5, 0.6) is 0 Å². The van der Waals surface area contributed by atoms with Gasteiger partial charge in [0.25, 0.3) is 5.91 Å². The van der Waals surface area contributed by atoms with E-state index >= 15 is 0 Å². The number of amides is 1. The molecule has 1 amide bonds. The Morgan fingerprint density at radius 2 is 1.50 bits per heavy atom. The maximum absolute atomic E-state index is 12.7. The minimum Gasteiger partial charge on any atom is -0.298 e. The van der Waals surface area contributed by atoms with Gasteiger partial charge < -0.3 is 0 Å². The summed E-state index contributed by atoms with van der Waals surface area (Å²) in [5, 5.41) is 3.58. The minimum atomic E-state index is -0.137. The van der Waals surface area contributed by atoms with Gasteiger partial charge >= 0.3 is 0 Å². The normalized spacial score (nSPS) is 10.6. The first kappa shape index (κ1) is 18.1. The molecule has 3 aromatic carbocycles. The number of benzene rings is 3. The standard InChI is InChI=1S/C24H20N2OS/c1-16-12-14-19(15-13-16)22-21(18-9-4-3-5-10-18)25-24(28-22)26-23(27)20-11-7-6-8-17(20)2/h3-15H,1-2H3,(H,25,26,27). The van der Waals surface area contributed by atoms with Crippen molar-refractivity contribution < 1.29 is 4.79 Å². The molecule has 1 N–H and O–H groups in total. The van der Waals surface area contributed by atoms with E-state index in [-0.39, 0.29) is 5.91 Å². The average molecular weight is 385 g/mol. The molecular weight excluding hydrogens is 364 g/mol. The molecule has 138 valence electrons. The second kappa shape index (κ2) is 7.79. The van der Waals surface area contributed by atoms with E-state index in [2.05, 4.69) is 36.5 Å². The third kappa shape index (κ3) is 3.73. The van der Waals surface area contributed by atoms with Gasteiger partial charge in [-0.2, -0.15) is 0 Å². The van der Waals surface area contributed by atoms with Crippen molar-refractivity contribution in [2.45, 2.75) is 13.8 Å². The maximum Gasteiger partial charge on any atom is 0.257 e. The number of hydrogen-bond acceptors (Lipinski definition) is 3. The third-order valence-electron chi connectivity index (χ3n) is 4.60. The van der Waals surface area contributed by atoms with Crippen molar-refractivity contribution >= 4 is 22.4 Å². The summed E-state index contributed by atoms with van der Waals surface area (Å²) in [5.41, 5.74) is 5.83. The van der Waals surface area contributed by atoms with Gasteiger partial charge in [0.15, 0.2) is 5.13 Å². The van der Waals surface area contributed by atoms with E-state index in [0.29, 0.717) is 10.7 Å². The number of aryl methyl sites for hydroxylation is 2. The Labute approximate surface area is 168 Å². The van der Waals surface area contributed by atoms with Crippen LogP contribution in [0.2, 0.25) is 0 Å². The highest BCUT2D eigenvalue weighted by Crippen LogP contribution is 2.39. The number of thiazole rings is 1. The summed E-state index contributed by atoms with van der Waals surface area (Å²) in [6, 6.07) is 26.0. The second-order valence-corrected chi connectivity index (χ2v) is 7.70. The fraction of sp³-hybridized carbons (Fsp3) is 0.0833. The van der Waals surface area contributed by atoms with Crippen LogP contribution in [0, 0.1) is 13.8 Å². The van der Waals surface area contributed by atoms with Gasteiger partial charge in [-0.1, -0.05) is 89.7 Å². The highest BCUT2D eigenvalue weighted by Gasteiger charge is 2.17. The zero-order chi connectivity index (χ0) is 19.5. The topological polar surface area (TPSA) is 42.0 Å². The molecule has 1 heterocycles. The van der Waals surface area contributed by atoms with E-state index in [0.717, 1.165) is 27.3 Å². The summed E-state index contributed by atoms with van der Waals surface area (Å²) in [4.78, 5) is 18.5. The molecule has 1 aromatic heterocycles. The van der Waals surface area contributed by atoms with Crippen LogP contribution in [0.1, 0.15) is 21.5 Å². The lowest BCUT2D eigenvalue weighted by Crippen LogP contribution is -2.12. The lowest BCUT2D eigenvalue weighted by molar-refractivity contribution is 0.102. The van der Waals surface area contributed by atoms with Gasteiger partial charge in [0.05, 0.1) is 10.6 Å². The molecule has 0 saturated carbocycles. The summed E-state index contributed by atoms with van der Waals surface area (Å²) in [7, 11) is 0.